The van der Waals surface area contributed by atoms with Crippen LogP contribution in [0.15, 0.2) is 18.3 Å². The standard InChI is InChI=1S/C13H21N3O3/c1-16(2)13(18)12-8-10(4-6-14-12)15-11(5-7-17)9-19-3/h4,6,8,11,17H,5,7,9H2,1-3H3,(H,14,15). The lowest BCUT2D eigenvalue weighted by Gasteiger charge is -2.18. The number of carbonyl (C=O) groups excluding carboxylic acids is 1. The molecule has 1 aromatic rings. The van der Waals surface area contributed by atoms with Gasteiger partial charge in [0.2, 0.25) is 0 Å². The zero-order valence-electron chi connectivity index (χ0n) is 11.6. The van der Waals surface area contributed by atoms with Crippen LogP contribution in [0.4, 0.5) is 5.69 Å². The molecule has 0 bridgehead atoms. The van der Waals surface area contributed by atoms with Crippen molar-refractivity contribution in [1.82, 2.24) is 9.88 Å². The minimum absolute atomic E-state index is 0.000270. The molecular formula is C13H21N3O3. The third-order valence-electron chi connectivity index (χ3n) is 2.60. The molecule has 0 fully saturated rings. The minimum Gasteiger partial charge on any atom is -0.396 e. The number of nitrogens with one attached hydrogen (secondary N) is 1. The number of aliphatic hydroxyl groups excluding tert-OH is 1. The van der Waals surface area contributed by atoms with E-state index in [-0.39, 0.29) is 18.6 Å². The predicted octanol–water partition coefficient (Wildman–Crippen LogP) is 0.593. The van der Waals surface area contributed by atoms with E-state index in [4.69, 9.17) is 9.84 Å². The summed E-state index contributed by atoms with van der Waals surface area (Å²) in [6.07, 6.45) is 2.16. The fraction of sp³-hybridized carbons (Fsp3) is 0.538. The van der Waals surface area contributed by atoms with Gasteiger partial charge in [0.15, 0.2) is 0 Å². The molecule has 1 amide bonds. The van der Waals surface area contributed by atoms with Gasteiger partial charge in [-0.3, -0.25) is 9.78 Å². The summed E-state index contributed by atoms with van der Waals surface area (Å²) in [5, 5.41) is 12.2. The molecule has 1 atom stereocenters. The third kappa shape index (κ3) is 4.84. The predicted molar refractivity (Wildman–Crippen MR) is 73.2 cm³/mol. The number of aromatic nitrogens is 1. The summed E-state index contributed by atoms with van der Waals surface area (Å²) in [4.78, 5) is 17.3. The SMILES string of the molecule is COCC(CCO)Nc1ccnc(C(=O)N(C)C)c1. The van der Waals surface area contributed by atoms with E-state index in [1.54, 1.807) is 39.5 Å². The molecule has 0 aliphatic carbocycles. The number of nitrogens with zero attached hydrogens (tertiary/aromatic N) is 2. The van der Waals surface area contributed by atoms with Crippen molar-refractivity contribution in [3.8, 4) is 0 Å². The van der Waals surface area contributed by atoms with Gasteiger partial charge in [0, 0.05) is 39.7 Å². The smallest absolute Gasteiger partial charge is 0.272 e. The normalized spacial score (nSPS) is 12.0. The monoisotopic (exact) mass is 267 g/mol. The van der Waals surface area contributed by atoms with Crippen molar-refractivity contribution in [1.29, 1.82) is 0 Å². The lowest BCUT2D eigenvalue weighted by molar-refractivity contribution is 0.0822. The van der Waals surface area contributed by atoms with E-state index in [1.807, 2.05) is 0 Å². The summed E-state index contributed by atoms with van der Waals surface area (Å²) in [6, 6.07) is 3.48. The summed E-state index contributed by atoms with van der Waals surface area (Å²) < 4.78 is 5.08. The van der Waals surface area contributed by atoms with Gasteiger partial charge in [-0.2, -0.15) is 0 Å². The summed E-state index contributed by atoms with van der Waals surface area (Å²) in [7, 11) is 4.98. The molecule has 2 N–H and O–H groups in total. The minimum atomic E-state index is -0.144. The van der Waals surface area contributed by atoms with Crippen LogP contribution in [0.25, 0.3) is 0 Å². The van der Waals surface area contributed by atoms with E-state index in [9.17, 15) is 4.79 Å². The molecule has 1 aromatic heterocycles. The molecule has 106 valence electrons. The first kappa shape index (κ1) is 15.4. The van der Waals surface area contributed by atoms with E-state index >= 15 is 0 Å². The molecule has 0 radical (unpaired) electrons. The van der Waals surface area contributed by atoms with E-state index in [2.05, 4.69) is 10.3 Å². The maximum Gasteiger partial charge on any atom is 0.272 e. The van der Waals surface area contributed by atoms with Crippen LogP contribution in [0, 0.1) is 0 Å². The molecule has 1 rings (SSSR count). The van der Waals surface area contributed by atoms with Crippen LogP contribution < -0.4 is 5.32 Å². The Morgan fingerprint density at radius 1 is 1.58 bits per heavy atom. The van der Waals surface area contributed by atoms with Gasteiger partial charge in [-0.15, -0.1) is 0 Å². The second-order valence-electron chi connectivity index (χ2n) is 4.44. The Hall–Kier alpha value is -1.66. The highest BCUT2D eigenvalue weighted by Gasteiger charge is 2.12. The van der Waals surface area contributed by atoms with Crippen molar-refractivity contribution in [3.05, 3.63) is 24.0 Å². The van der Waals surface area contributed by atoms with Crippen LogP contribution in [0.3, 0.4) is 0 Å². The van der Waals surface area contributed by atoms with Gasteiger partial charge >= 0.3 is 0 Å². The van der Waals surface area contributed by atoms with Gasteiger partial charge in [0.1, 0.15) is 5.69 Å². The van der Waals surface area contributed by atoms with Gasteiger partial charge in [0.25, 0.3) is 5.91 Å². The fourth-order valence-electron chi connectivity index (χ4n) is 1.66. The van der Waals surface area contributed by atoms with Gasteiger partial charge in [-0.25, -0.2) is 0 Å². The molecule has 0 aliphatic rings. The number of anilines is 1. The van der Waals surface area contributed by atoms with Crippen LogP contribution in [0.1, 0.15) is 16.9 Å². The average Bonchev–Trinajstić information content (AvgIpc) is 2.38. The highest BCUT2D eigenvalue weighted by Crippen LogP contribution is 2.12. The van der Waals surface area contributed by atoms with Gasteiger partial charge in [-0.1, -0.05) is 0 Å². The number of hydrogen-bond donors (Lipinski definition) is 2. The van der Waals surface area contributed by atoms with E-state index in [0.717, 1.165) is 5.69 Å². The Kier molecular flexibility index (Phi) is 6.24. The Labute approximate surface area is 113 Å². The Morgan fingerprint density at radius 3 is 2.89 bits per heavy atom. The Balaban J connectivity index is 2.77. The number of rotatable bonds is 7. The molecule has 1 unspecified atom stereocenters. The van der Waals surface area contributed by atoms with E-state index < -0.39 is 0 Å². The van der Waals surface area contributed by atoms with Crippen LogP contribution in [0.5, 0.6) is 0 Å². The van der Waals surface area contributed by atoms with Crippen molar-refractivity contribution in [2.24, 2.45) is 0 Å². The first-order valence-corrected chi connectivity index (χ1v) is 6.12. The second kappa shape index (κ2) is 7.70. The Morgan fingerprint density at radius 2 is 2.32 bits per heavy atom. The summed E-state index contributed by atoms with van der Waals surface area (Å²) in [6.45, 7) is 0.565. The number of ether oxygens (including phenoxy) is 1. The molecule has 0 saturated carbocycles. The van der Waals surface area contributed by atoms with Crippen molar-refractivity contribution < 1.29 is 14.6 Å². The van der Waals surface area contributed by atoms with Gasteiger partial charge in [-0.05, 0) is 18.6 Å². The van der Waals surface area contributed by atoms with Crippen LogP contribution in [-0.4, -0.2) is 61.4 Å². The second-order valence-corrected chi connectivity index (χ2v) is 4.44. The van der Waals surface area contributed by atoms with Crippen molar-refractivity contribution in [2.45, 2.75) is 12.5 Å². The molecule has 0 aromatic carbocycles. The molecule has 0 spiro atoms. The Bertz CT molecular complexity index is 404. The topological polar surface area (TPSA) is 74.7 Å². The average molecular weight is 267 g/mol. The highest BCUT2D eigenvalue weighted by molar-refractivity contribution is 5.92. The number of aliphatic hydroxyl groups is 1. The zero-order valence-corrected chi connectivity index (χ0v) is 11.6. The first-order chi connectivity index (χ1) is 9.08. The summed E-state index contributed by atoms with van der Waals surface area (Å²) in [5.41, 5.74) is 1.17. The van der Waals surface area contributed by atoms with Gasteiger partial charge < -0.3 is 20.1 Å². The molecular weight excluding hydrogens is 246 g/mol. The van der Waals surface area contributed by atoms with Crippen LogP contribution >= 0.6 is 0 Å². The zero-order chi connectivity index (χ0) is 14.3. The lowest BCUT2D eigenvalue weighted by Crippen LogP contribution is -2.27. The number of carbonyl (C=O) groups is 1. The molecule has 0 aliphatic heterocycles. The quantitative estimate of drug-likeness (QED) is 0.756. The van der Waals surface area contributed by atoms with E-state index in [0.29, 0.717) is 18.7 Å². The largest absolute Gasteiger partial charge is 0.396 e. The molecule has 6 nitrogen and oxygen atoms in total. The maximum absolute atomic E-state index is 11.8. The number of hydrogen-bond acceptors (Lipinski definition) is 5. The lowest BCUT2D eigenvalue weighted by atomic mass is 10.2. The van der Waals surface area contributed by atoms with Crippen molar-refractivity contribution in [2.75, 3.05) is 39.7 Å². The van der Waals surface area contributed by atoms with Crippen molar-refractivity contribution in [3.63, 3.8) is 0 Å². The highest BCUT2D eigenvalue weighted by atomic mass is 16.5. The maximum atomic E-state index is 11.8. The number of pyridine rings is 1. The number of amides is 1. The van der Waals surface area contributed by atoms with Gasteiger partial charge in [0.05, 0.1) is 12.6 Å². The third-order valence-corrected chi connectivity index (χ3v) is 2.60. The molecule has 0 saturated heterocycles. The molecule has 1 heterocycles. The van der Waals surface area contributed by atoms with E-state index in [1.165, 1.54) is 4.90 Å². The van der Waals surface area contributed by atoms with Crippen LogP contribution in [-0.2, 0) is 4.74 Å². The molecule has 6 heteroatoms. The summed E-state index contributed by atoms with van der Waals surface area (Å²) in [5.74, 6) is -0.144. The van der Waals surface area contributed by atoms with Crippen molar-refractivity contribution >= 4 is 11.6 Å². The molecule has 19 heavy (non-hydrogen) atoms. The fourth-order valence-corrected chi connectivity index (χ4v) is 1.66. The summed E-state index contributed by atoms with van der Waals surface area (Å²) >= 11 is 0. The number of methoxy groups -OCH3 is 1. The first-order valence-electron chi connectivity index (χ1n) is 6.12. The van der Waals surface area contributed by atoms with Crippen LogP contribution in [0.2, 0.25) is 0 Å².